The number of hydrogen-bond acceptors (Lipinski definition) is 24. The number of nitrogen functional groups attached to an aromatic ring is 1. The standard InChI is InChI=1S/C76H111N7O23Si2/c1-43(2)63(78-46(5)84)69(89)80-58(42-99-73-67(105-49(8)87)65(104-48(7)86)64(103-47(6)85)66(106-73)72(92)96-17)68(88)79-51-27-25-50(26-28-51)39-100-74(93)81-57-36-62(60(95-16)34-55(57)71(91)83-38-45(4)32-53(83)41-102-108(20,21)76(12,13)14)98-30-24-22-23-29-97-61-35-56(77)54(33-59(61)94-15)70(90)82-37-44(3)31-52(82)40-101-107(18,19)75(9,10)11/h25-28,33-36,43,52-53,58,63-67,73H,3-4,22-24,29-32,37-42,77H2,1-2,5-21H3,(H,78,84)(H,79,88)(H,80,89)(H,81,93)/t52-,53-,58-,63-,64-,65-,66-,67+,73+/m0/s1. The Morgan fingerprint density at radius 2 is 1.11 bits per heavy atom. The number of nitrogens with zero attached hydrogens (tertiary/aromatic N) is 2. The number of methoxy groups -OCH3 is 3. The summed E-state index contributed by atoms with van der Waals surface area (Å²) in [4.78, 5) is 137. The maximum absolute atomic E-state index is 15.0. The Kier molecular flexibility index (Phi) is 31.2. The van der Waals surface area contributed by atoms with Crippen LogP contribution >= 0.6 is 0 Å². The number of anilines is 3. The average Bonchev–Trinajstić information content (AvgIpc) is 1.31. The lowest BCUT2D eigenvalue weighted by atomic mass is 9.97. The number of carbonyl (C=O) groups is 10. The van der Waals surface area contributed by atoms with Gasteiger partial charge in [0.05, 0.1) is 83.3 Å². The third-order valence-electron chi connectivity index (χ3n) is 19.6. The minimum Gasteiger partial charge on any atom is -0.493 e. The summed E-state index contributed by atoms with van der Waals surface area (Å²) in [5.74, 6) is -6.23. The molecule has 3 aromatic rings. The molecular formula is C76H111N7O23Si2. The predicted octanol–water partition coefficient (Wildman–Crippen LogP) is 9.54. The van der Waals surface area contributed by atoms with Gasteiger partial charge < -0.3 is 92.4 Å². The molecule has 9 atom stereocenters. The summed E-state index contributed by atoms with van der Waals surface area (Å²) in [6.07, 6.45) is -6.94. The number of carbonyl (C=O) groups excluding carboxylic acids is 10. The van der Waals surface area contributed by atoms with Crippen LogP contribution in [-0.2, 0) is 82.2 Å². The van der Waals surface area contributed by atoms with Crippen LogP contribution in [0, 0.1) is 5.92 Å². The lowest BCUT2D eigenvalue weighted by molar-refractivity contribution is -0.302. The van der Waals surface area contributed by atoms with Crippen LogP contribution in [0.5, 0.6) is 23.0 Å². The van der Waals surface area contributed by atoms with E-state index < -0.39 is 126 Å². The fraction of sp³-hybridized carbons (Fsp3) is 0.579. The minimum atomic E-state index is -2.27. The SMILES string of the molecule is C=C1C[C@@H](CO[Si](C)(C)C(C)(C)C)N(C(=O)c2cc(OC)c(OCCCCCOc3cc(NC(=O)OCc4ccc(NC(=O)[C@H](CO[C@@H]5O[C@H](C(=O)OC)[C@@H](OC(C)=O)[C@H](OC(C)=O)[C@H]5OC(C)=O)NC(=O)[C@@H](NC(C)=O)C(C)C)cc4)c(C(=O)N4CC(=C)C[C@H]4CO[Si](C)(C)C(C)(C)C)cc3OC)cc2N)C1. The molecule has 6 N–H and O–H groups in total. The molecule has 32 heteroatoms. The average molecular weight is 1550 g/mol. The van der Waals surface area contributed by atoms with Crippen molar-refractivity contribution in [2.24, 2.45) is 5.92 Å². The number of ether oxygens (including phenoxy) is 11. The van der Waals surface area contributed by atoms with Gasteiger partial charge in [-0.1, -0.05) is 91.8 Å². The molecule has 30 nitrogen and oxygen atoms in total. The first-order valence-electron chi connectivity index (χ1n) is 36.0. The maximum atomic E-state index is 15.0. The van der Waals surface area contributed by atoms with E-state index in [2.05, 4.69) is 102 Å². The van der Waals surface area contributed by atoms with Crippen LogP contribution in [0.4, 0.5) is 21.9 Å². The summed E-state index contributed by atoms with van der Waals surface area (Å²) >= 11 is 0. The molecule has 0 aromatic heterocycles. The first-order chi connectivity index (χ1) is 50.5. The Hall–Kier alpha value is -9.09. The molecule has 0 saturated carbocycles. The van der Waals surface area contributed by atoms with Crippen molar-refractivity contribution in [3.05, 3.63) is 89.5 Å². The summed E-state index contributed by atoms with van der Waals surface area (Å²) in [5, 5.41) is 10.5. The topological polar surface area (TPSA) is 371 Å². The molecule has 0 unspecified atom stereocenters. The van der Waals surface area contributed by atoms with E-state index in [-0.39, 0.29) is 101 Å². The molecule has 108 heavy (non-hydrogen) atoms. The zero-order valence-corrected chi connectivity index (χ0v) is 67.9. The number of hydrogen-bond donors (Lipinski definition) is 5. The van der Waals surface area contributed by atoms with Gasteiger partial charge in [-0.15, -0.1) is 0 Å². The van der Waals surface area contributed by atoms with Crippen molar-refractivity contribution < 1.29 is 109 Å². The van der Waals surface area contributed by atoms with Crippen molar-refractivity contribution in [3.63, 3.8) is 0 Å². The summed E-state index contributed by atoms with van der Waals surface area (Å²) < 4.78 is 76.0. The normalized spacial score (nSPS) is 19.5. The third kappa shape index (κ3) is 24.0. The molecule has 0 aliphatic carbocycles. The van der Waals surface area contributed by atoms with E-state index in [1.807, 2.05) is 0 Å². The number of nitrogens with two attached hydrogens (primary N) is 1. The van der Waals surface area contributed by atoms with E-state index in [1.54, 1.807) is 35.8 Å². The highest BCUT2D eigenvalue weighted by Crippen LogP contribution is 2.42. The van der Waals surface area contributed by atoms with E-state index in [0.717, 1.165) is 39.0 Å². The Balaban J connectivity index is 1.17. The van der Waals surface area contributed by atoms with Gasteiger partial charge in [0.25, 0.3) is 11.8 Å². The van der Waals surface area contributed by atoms with Gasteiger partial charge in [0.1, 0.15) is 18.7 Å². The fourth-order valence-electron chi connectivity index (χ4n) is 11.6. The maximum Gasteiger partial charge on any atom is 0.411 e. The summed E-state index contributed by atoms with van der Waals surface area (Å²) in [5.41, 5.74) is 9.57. The van der Waals surface area contributed by atoms with Gasteiger partial charge in [-0.2, -0.15) is 0 Å². The smallest absolute Gasteiger partial charge is 0.411 e. The van der Waals surface area contributed by atoms with Gasteiger partial charge in [0.15, 0.2) is 70.3 Å². The monoisotopic (exact) mass is 1550 g/mol. The molecule has 6 amide bonds. The lowest BCUT2D eigenvalue weighted by Crippen LogP contribution is -2.64. The van der Waals surface area contributed by atoms with Crippen molar-refractivity contribution in [2.45, 2.75) is 213 Å². The lowest BCUT2D eigenvalue weighted by Gasteiger charge is -2.43. The predicted molar refractivity (Wildman–Crippen MR) is 405 cm³/mol. The molecule has 596 valence electrons. The van der Waals surface area contributed by atoms with Crippen molar-refractivity contribution in [3.8, 4) is 23.0 Å². The Morgan fingerprint density at radius 3 is 1.59 bits per heavy atom. The second kappa shape index (κ2) is 38.3. The Labute approximate surface area is 634 Å². The van der Waals surface area contributed by atoms with Crippen LogP contribution in [0.15, 0.2) is 72.8 Å². The largest absolute Gasteiger partial charge is 0.493 e. The van der Waals surface area contributed by atoms with E-state index >= 15 is 0 Å². The molecule has 3 heterocycles. The van der Waals surface area contributed by atoms with Gasteiger partial charge in [-0.05, 0) is 104 Å². The Bertz CT molecular complexity index is 3760. The number of benzene rings is 3. The number of amides is 6. The van der Waals surface area contributed by atoms with Gasteiger partial charge >= 0.3 is 30.0 Å². The number of esters is 4. The number of rotatable bonds is 34. The van der Waals surface area contributed by atoms with Gasteiger partial charge in [0, 0.05) is 64.3 Å². The molecule has 3 fully saturated rings. The first kappa shape index (κ1) is 87.8. The van der Waals surface area contributed by atoms with Crippen LogP contribution in [-0.4, -0.2) is 208 Å². The zero-order chi connectivity index (χ0) is 80.5. The van der Waals surface area contributed by atoms with E-state index in [4.69, 9.17) is 66.7 Å². The van der Waals surface area contributed by atoms with Crippen LogP contribution < -0.4 is 45.9 Å². The second-order valence-electron chi connectivity index (χ2n) is 30.5. The number of likely N-dealkylation sites (tertiary alicyclic amines) is 2. The van der Waals surface area contributed by atoms with Crippen molar-refractivity contribution >= 4 is 93.2 Å². The van der Waals surface area contributed by atoms with Gasteiger partial charge in [0.2, 0.25) is 17.7 Å². The highest BCUT2D eigenvalue weighted by atomic mass is 28.4. The van der Waals surface area contributed by atoms with Gasteiger partial charge in [-0.25, -0.2) is 9.59 Å². The van der Waals surface area contributed by atoms with Gasteiger partial charge in [-0.3, -0.25) is 43.7 Å². The molecule has 3 saturated heterocycles. The summed E-state index contributed by atoms with van der Waals surface area (Å²) in [7, 11) is -0.422. The second-order valence-corrected chi connectivity index (χ2v) is 40.1. The Morgan fingerprint density at radius 1 is 0.620 bits per heavy atom. The summed E-state index contributed by atoms with van der Waals surface area (Å²) in [6, 6.07) is 8.87. The van der Waals surface area contributed by atoms with Crippen LogP contribution in [0.2, 0.25) is 36.3 Å². The van der Waals surface area contributed by atoms with Crippen molar-refractivity contribution in [1.29, 1.82) is 0 Å². The van der Waals surface area contributed by atoms with Crippen LogP contribution in [0.1, 0.15) is 141 Å². The summed E-state index contributed by atoms with van der Waals surface area (Å²) in [6.45, 7) is 38.2. The first-order valence-corrected chi connectivity index (χ1v) is 41.8. The van der Waals surface area contributed by atoms with Crippen molar-refractivity contribution in [1.82, 2.24) is 20.4 Å². The highest BCUT2D eigenvalue weighted by molar-refractivity contribution is 6.74. The third-order valence-corrected chi connectivity index (χ3v) is 28.6. The van der Waals surface area contributed by atoms with Crippen molar-refractivity contribution in [2.75, 3.05) is 83.8 Å². The van der Waals surface area contributed by atoms with E-state index in [0.29, 0.717) is 62.3 Å². The number of unbranched alkanes of at least 4 members (excludes halogenated alkanes) is 2. The molecule has 3 aromatic carbocycles. The zero-order valence-electron chi connectivity index (χ0n) is 65.9. The highest BCUT2D eigenvalue weighted by Gasteiger charge is 2.56. The quantitative estimate of drug-likeness (QED) is 0.00927. The molecule has 0 bridgehead atoms. The molecule has 0 radical (unpaired) electrons. The van der Waals surface area contributed by atoms with E-state index in [1.165, 1.54) is 57.5 Å². The van der Waals surface area contributed by atoms with E-state index in [9.17, 15) is 47.9 Å². The molecule has 3 aliphatic rings. The molecule has 6 rings (SSSR count). The molecule has 0 spiro atoms. The fourth-order valence-corrected chi connectivity index (χ4v) is 13.7. The van der Waals surface area contributed by atoms with Crippen LogP contribution in [0.25, 0.3) is 0 Å². The molecule has 3 aliphatic heterocycles. The van der Waals surface area contributed by atoms with Crippen LogP contribution in [0.3, 0.4) is 0 Å². The minimum absolute atomic E-state index is 0.000576. The molecular weight excluding hydrogens is 1440 g/mol. The number of nitrogens with one attached hydrogen (secondary N) is 4.